The molecule has 0 fully saturated rings. The number of benzene rings is 1. The van der Waals surface area contributed by atoms with Gasteiger partial charge in [0.15, 0.2) is 0 Å². The number of hydrogen-bond donors (Lipinski definition) is 2. The van der Waals surface area contributed by atoms with Crippen LogP contribution < -0.4 is 0 Å². The molecule has 0 aliphatic heterocycles. The van der Waals surface area contributed by atoms with Gasteiger partial charge in [-0.1, -0.05) is 30.7 Å². The normalized spacial score (nSPS) is 12.0. The van der Waals surface area contributed by atoms with Crippen LogP contribution >= 0.6 is 11.6 Å². The van der Waals surface area contributed by atoms with Gasteiger partial charge in [0.1, 0.15) is 5.69 Å². The Morgan fingerprint density at radius 1 is 1.36 bits per heavy atom. The summed E-state index contributed by atoms with van der Waals surface area (Å²) in [6.45, 7) is 1.68. The van der Waals surface area contributed by atoms with Gasteiger partial charge in [0.25, 0.3) is 5.91 Å². The van der Waals surface area contributed by atoms with Crippen LogP contribution in [0.1, 0.15) is 17.4 Å². The number of aromatic nitrogens is 2. The first-order valence-corrected chi connectivity index (χ1v) is 7.06. The first kappa shape index (κ1) is 16.0. The summed E-state index contributed by atoms with van der Waals surface area (Å²) in [7, 11) is 1.56. The van der Waals surface area contributed by atoms with Crippen molar-refractivity contribution in [1.29, 1.82) is 0 Å². The number of nitrogens with zero attached hydrogens (tertiary/aromatic N) is 2. The molecule has 2 N–H and O–H groups in total. The van der Waals surface area contributed by atoms with Crippen molar-refractivity contribution in [3.63, 3.8) is 0 Å². The molecule has 0 radical (unpaired) electrons. The summed E-state index contributed by atoms with van der Waals surface area (Å²) in [6, 6.07) is 8.74. The van der Waals surface area contributed by atoms with Crippen LogP contribution in [0.3, 0.4) is 0 Å². The summed E-state index contributed by atoms with van der Waals surface area (Å²) in [5.74, 6) is -1.88. The highest BCUT2D eigenvalue weighted by atomic mass is 35.5. The molecule has 1 amide bonds. The maximum atomic E-state index is 12.2. The second-order valence-corrected chi connectivity index (χ2v) is 5.54. The zero-order chi connectivity index (χ0) is 16.3. The lowest BCUT2D eigenvalue weighted by molar-refractivity contribution is -0.141. The van der Waals surface area contributed by atoms with Crippen LogP contribution in [-0.4, -0.2) is 45.7 Å². The molecule has 1 unspecified atom stereocenters. The largest absolute Gasteiger partial charge is 0.481 e. The molecule has 0 saturated heterocycles. The fraction of sp³-hybridized carbons (Fsp3) is 0.267. The molecular weight excluding hydrogens is 306 g/mol. The van der Waals surface area contributed by atoms with Gasteiger partial charge < -0.3 is 10.0 Å². The quantitative estimate of drug-likeness (QED) is 0.886. The lowest BCUT2D eigenvalue weighted by Crippen LogP contribution is -2.33. The minimum atomic E-state index is -0.939. The fourth-order valence-electron chi connectivity index (χ4n) is 1.98. The van der Waals surface area contributed by atoms with E-state index in [4.69, 9.17) is 16.7 Å². The predicted molar refractivity (Wildman–Crippen MR) is 82.8 cm³/mol. The maximum absolute atomic E-state index is 12.2. The van der Waals surface area contributed by atoms with Gasteiger partial charge in [0.2, 0.25) is 0 Å². The SMILES string of the molecule is CC(CN(C)C(=O)c1cc(-c2ccc(Cl)cc2)n[nH]1)C(=O)O. The molecular formula is C15H16ClN3O3. The third-order valence-electron chi connectivity index (χ3n) is 3.26. The van der Waals surface area contributed by atoms with Gasteiger partial charge >= 0.3 is 5.97 Å². The van der Waals surface area contributed by atoms with E-state index in [1.54, 1.807) is 32.2 Å². The number of aromatic amines is 1. The van der Waals surface area contributed by atoms with Crippen LogP contribution in [0.5, 0.6) is 0 Å². The lowest BCUT2D eigenvalue weighted by atomic mass is 10.1. The molecule has 2 aromatic rings. The Labute approximate surface area is 132 Å². The number of hydrogen-bond acceptors (Lipinski definition) is 3. The van der Waals surface area contributed by atoms with Crippen molar-refractivity contribution < 1.29 is 14.7 Å². The molecule has 0 spiro atoms. The Balaban J connectivity index is 2.12. The van der Waals surface area contributed by atoms with Gasteiger partial charge in [0.05, 0.1) is 11.6 Å². The highest BCUT2D eigenvalue weighted by Gasteiger charge is 2.20. The van der Waals surface area contributed by atoms with Gasteiger partial charge in [0, 0.05) is 24.2 Å². The van der Waals surface area contributed by atoms with Gasteiger partial charge in [-0.05, 0) is 18.2 Å². The molecule has 116 valence electrons. The molecule has 7 heteroatoms. The topological polar surface area (TPSA) is 86.3 Å². The number of carboxylic acid groups (broad SMARTS) is 1. The number of nitrogens with one attached hydrogen (secondary N) is 1. The summed E-state index contributed by atoms with van der Waals surface area (Å²) in [6.07, 6.45) is 0. The second kappa shape index (κ2) is 6.62. The highest BCUT2D eigenvalue weighted by Crippen LogP contribution is 2.20. The van der Waals surface area contributed by atoms with E-state index in [0.29, 0.717) is 16.4 Å². The third kappa shape index (κ3) is 3.65. The molecule has 0 aliphatic rings. The number of carboxylic acids is 1. The maximum Gasteiger partial charge on any atom is 0.308 e. The number of rotatable bonds is 5. The Morgan fingerprint density at radius 3 is 2.59 bits per heavy atom. The molecule has 1 heterocycles. The zero-order valence-corrected chi connectivity index (χ0v) is 13.0. The summed E-state index contributed by atoms with van der Waals surface area (Å²) < 4.78 is 0. The van der Waals surface area contributed by atoms with E-state index in [1.165, 1.54) is 4.90 Å². The molecule has 2 rings (SSSR count). The van der Waals surface area contributed by atoms with Gasteiger partial charge in [-0.3, -0.25) is 14.7 Å². The van der Waals surface area contributed by atoms with Crippen LogP contribution in [0.4, 0.5) is 0 Å². The minimum Gasteiger partial charge on any atom is -0.481 e. The number of amides is 1. The highest BCUT2D eigenvalue weighted by molar-refractivity contribution is 6.30. The van der Waals surface area contributed by atoms with Crippen molar-refractivity contribution in [1.82, 2.24) is 15.1 Å². The number of H-pyrrole nitrogens is 1. The molecule has 0 bridgehead atoms. The molecule has 1 atom stereocenters. The second-order valence-electron chi connectivity index (χ2n) is 5.10. The van der Waals surface area contributed by atoms with Gasteiger partial charge in [-0.2, -0.15) is 5.10 Å². The zero-order valence-electron chi connectivity index (χ0n) is 12.2. The van der Waals surface area contributed by atoms with E-state index in [0.717, 1.165) is 5.56 Å². The van der Waals surface area contributed by atoms with Crippen molar-refractivity contribution in [2.45, 2.75) is 6.92 Å². The Bertz CT molecular complexity index is 682. The average molecular weight is 322 g/mol. The monoisotopic (exact) mass is 321 g/mol. The number of aliphatic carboxylic acids is 1. The van der Waals surface area contributed by atoms with Crippen LogP contribution in [0, 0.1) is 5.92 Å². The van der Waals surface area contributed by atoms with Crippen molar-refractivity contribution in [3.05, 3.63) is 41.0 Å². The van der Waals surface area contributed by atoms with E-state index in [9.17, 15) is 9.59 Å². The Hall–Kier alpha value is -2.34. The molecule has 0 saturated carbocycles. The van der Waals surface area contributed by atoms with E-state index < -0.39 is 11.9 Å². The van der Waals surface area contributed by atoms with Crippen molar-refractivity contribution >= 4 is 23.5 Å². The van der Waals surface area contributed by atoms with Gasteiger partial charge in [-0.25, -0.2) is 0 Å². The average Bonchev–Trinajstić information content (AvgIpc) is 2.96. The van der Waals surface area contributed by atoms with E-state index in [1.807, 2.05) is 12.1 Å². The van der Waals surface area contributed by atoms with Crippen molar-refractivity contribution in [2.75, 3.05) is 13.6 Å². The molecule has 1 aromatic heterocycles. The smallest absolute Gasteiger partial charge is 0.308 e. The van der Waals surface area contributed by atoms with Crippen LogP contribution in [-0.2, 0) is 4.79 Å². The predicted octanol–water partition coefficient (Wildman–Crippen LogP) is 2.52. The summed E-state index contributed by atoms with van der Waals surface area (Å²) in [5, 5.41) is 16.3. The van der Waals surface area contributed by atoms with E-state index in [2.05, 4.69) is 10.2 Å². The number of carbonyl (C=O) groups excluding carboxylic acids is 1. The van der Waals surface area contributed by atoms with E-state index >= 15 is 0 Å². The molecule has 6 nitrogen and oxygen atoms in total. The van der Waals surface area contributed by atoms with Crippen LogP contribution in [0.2, 0.25) is 5.02 Å². The summed E-state index contributed by atoms with van der Waals surface area (Å²) >= 11 is 5.83. The summed E-state index contributed by atoms with van der Waals surface area (Å²) in [4.78, 5) is 24.4. The Morgan fingerprint density at radius 2 is 2.00 bits per heavy atom. The first-order chi connectivity index (χ1) is 10.4. The molecule has 22 heavy (non-hydrogen) atoms. The standard InChI is InChI=1S/C15H16ClN3O3/c1-9(15(21)22)8-19(2)14(20)13-7-12(17-18-13)10-3-5-11(16)6-4-10/h3-7,9H,8H2,1-2H3,(H,17,18)(H,21,22). The van der Waals surface area contributed by atoms with Crippen LogP contribution in [0.15, 0.2) is 30.3 Å². The fourth-order valence-corrected chi connectivity index (χ4v) is 2.10. The van der Waals surface area contributed by atoms with E-state index in [-0.39, 0.29) is 12.5 Å². The van der Waals surface area contributed by atoms with Crippen LogP contribution in [0.25, 0.3) is 11.3 Å². The lowest BCUT2D eigenvalue weighted by Gasteiger charge is -2.18. The number of halogens is 1. The minimum absolute atomic E-state index is 0.128. The summed E-state index contributed by atoms with van der Waals surface area (Å²) in [5.41, 5.74) is 1.77. The Kier molecular flexibility index (Phi) is 4.82. The molecule has 0 aliphatic carbocycles. The van der Waals surface area contributed by atoms with Crippen molar-refractivity contribution in [2.24, 2.45) is 5.92 Å². The van der Waals surface area contributed by atoms with Crippen molar-refractivity contribution in [3.8, 4) is 11.3 Å². The number of carbonyl (C=O) groups is 2. The molecule has 1 aromatic carbocycles. The van der Waals surface area contributed by atoms with Gasteiger partial charge in [-0.15, -0.1) is 0 Å². The third-order valence-corrected chi connectivity index (χ3v) is 3.52. The first-order valence-electron chi connectivity index (χ1n) is 6.68.